The van der Waals surface area contributed by atoms with Gasteiger partial charge in [-0.1, -0.05) is 12.1 Å². The zero-order valence-corrected chi connectivity index (χ0v) is 16.3. The van der Waals surface area contributed by atoms with E-state index in [1.807, 2.05) is 13.8 Å². The molecule has 152 valence electrons. The van der Waals surface area contributed by atoms with Crippen LogP contribution in [0.4, 0.5) is 15.9 Å². The number of hydrogen-bond donors (Lipinski definition) is 3. The van der Waals surface area contributed by atoms with Gasteiger partial charge < -0.3 is 16.2 Å². The van der Waals surface area contributed by atoms with Gasteiger partial charge in [0.1, 0.15) is 23.2 Å². The monoisotopic (exact) mass is 406 g/mol. The molecule has 0 saturated carbocycles. The molecule has 2 heterocycles. The Hall–Kier alpha value is -3.85. The Bertz CT molecular complexity index is 1270. The number of aliphatic hydroxyl groups is 1. The Balaban J connectivity index is 1.62. The largest absolute Gasteiger partial charge is 0.382 e. The zero-order chi connectivity index (χ0) is 21.4. The Kier molecular flexibility index (Phi) is 4.88. The van der Waals surface area contributed by atoms with Gasteiger partial charge in [0.15, 0.2) is 11.9 Å². The summed E-state index contributed by atoms with van der Waals surface area (Å²) in [5.74, 6) is -0.870. The molecule has 8 nitrogen and oxygen atoms in total. The summed E-state index contributed by atoms with van der Waals surface area (Å²) in [6, 6.07) is 10.5. The lowest BCUT2D eigenvalue weighted by Crippen LogP contribution is -2.21. The molecule has 2 aromatic carbocycles. The summed E-state index contributed by atoms with van der Waals surface area (Å²) in [5, 5.41) is 17.4. The van der Waals surface area contributed by atoms with Crippen molar-refractivity contribution in [2.24, 2.45) is 0 Å². The molecule has 1 atom stereocenters. The number of aromatic nitrogens is 4. The van der Waals surface area contributed by atoms with Crippen LogP contribution in [0, 0.1) is 19.7 Å². The Morgan fingerprint density at radius 3 is 2.73 bits per heavy atom. The molecule has 0 spiro atoms. The van der Waals surface area contributed by atoms with Crippen LogP contribution in [0.3, 0.4) is 0 Å². The van der Waals surface area contributed by atoms with Crippen molar-refractivity contribution >= 4 is 28.4 Å². The van der Waals surface area contributed by atoms with E-state index in [1.54, 1.807) is 22.9 Å². The highest BCUT2D eigenvalue weighted by atomic mass is 19.1. The van der Waals surface area contributed by atoms with Gasteiger partial charge in [-0.25, -0.2) is 19.0 Å². The van der Waals surface area contributed by atoms with Crippen LogP contribution in [0.25, 0.3) is 16.7 Å². The molecular formula is C21H19FN6O2. The molecular weight excluding hydrogens is 387 g/mol. The molecule has 0 fully saturated rings. The van der Waals surface area contributed by atoms with E-state index in [0.717, 1.165) is 17.3 Å². The van der Waals surface area contributed by atoms with Crippen molar-refractivity contribution in [2.45, 2.75) is 20.0 Å². The average molecular weight is 406 g/mol. The van der Waals surface area contributed by atoms with Crippen molar-refractivity contribution in [1.29, 1.82) is 0 Å². The second-order valence-corrected chi connectivity index (χ2v) is 6.90. The Labute approximate surface area is 171 Å². The van der Waals surface area contributed by atoms with E-state index in [1.165, 1.54) is 24.5 Å². The fourth-order valence-corrected chi connectivity index (χ4v) is 3.30. The minimum atomic E-state index is -1.49. The number of hydrogen-bond acceptors (Lipinski definition) is 6. The number of anilines is 2. The van der Waals surface area contributed by atoms with E-state index >= 15 is 0 Å². The third kappa shape index (κ3) is 3.46. The number of benzene rings is 2. The van der Waals surface area contributed by atoms with Gasteiger partial charge in [0, 0.05) is 5.69 Å². The van der Waals surface area contributed by atoms with E-state index < -0.39 is 17.8 Å². The first kappa shape index (κ1) is 19.5. The van der Waals surface area contributed by atoms with E-state index in [4.69, 9.17) is 5.73 Å². The molecule has 0 saturated heterocycles. The minimum Gasteiger partial charge on any atom is -0.382 e. The summed E-state index contributed by atoms with van der Waals surface area (Å²) in [7, 11) is 0. The van der Waals surface area contributed by atoms with Crippen molar-refractivity contribution in [3.05, 3.63) is 71.4 Å². The number of fused-ring (bicyclic) bond motifs is 1. The van der Waals surface area contributed by atoms with Crippen LogP contribution in [-0.4, -0.2) is 30.8 Å². The molecule has 0 aliphatic carbocycles. The first-order chi connectivity index (χ1) is 14.3. The maximum absolute atomic E-state index is 13.3. The number of nitrogens with one attached hydrogen (secondary N) is 1. The van der Waals surface area contributed by atoms with Crippen molar-refractivity contribution in [3.63, 3.8) is 0 Å². The first-order valence-electron chi connectivity index (χ1n) is 9.16. The Morgan fingerprint density at radius 2 is 2.00 bits per heavy atom. The van der Waals surface area contributed by atoms with Crippen molar-refractivity contribution in [2.75, 3.05) is 11.1 Å². The molecule has 0 bridgehead atoms. The molecule has 1 unspecified atom stereocenters. The molecule has 0 aliphatic rings. The van der Waals surface area contributed by atoms with Crippen LogP contribution in [0.5, 0.6) is 0 Å². The lowest BCUT2D eigenvalue weighted by molar-refractivity contribution is -0.124. The quantitative estimate of drug-likeness (QED) is 0.480. The molecule has 4 rings (SSSR count). The van der Waals surface area contributed by atoms with Gasteiger partial charge >= 0.3 is 0 Å². The van der Waals surface area contributed by atoms with E-state index in [0.29, 0.717) is 28.2 Å². The highest BCUT2D eigenvalue weighted by Crippen LogP contribution is 2.27. The number of nitrogens with zero attached hydrogens (tertiary/aromatic N) is 4. The number of nitrogens with two attached hydrogens (primary N) is 1. The topological polar surface area (TPSA) is 119 Å². The molecule has 1 amide bonds. The summed E-state index contributed by atoms with van der Waals surface area (Å²) < 4.78 is 15.0. The Morgan fingerprint density at radius 1 is 1.20 bits per heavy atom. The number of carbonyl (C=O) groups is 1. The third-order valence-corrected chi connectivity index (χ3v) is 4.76. The second kappa shape index (κ2) is 7.53. The molecule has 9 heteroatoms. The zero-order valence-electron chi connectivity index (χ0n) is 16.3. The predicted molar refractivity (Wildman–Crippen MR) is 111 cm³/mol. The summed E-state index contributed by atoms with van der Waals surface area (Å²) in [4.78, 5) is 20.7. The van der Waals surface area contributed by atoms with Gasteiger partial charge in [-0.3, -0.25) is 4.79 Å². The van der Waals surface area contributed by atoms with Gasteiger partial charge in [-0.2, -0.15) is 5.10 Å². The fourth-order valence-electron chi connectivity index (χ4n) is 3.30. The summed E-state index contributed by atoms with van der Waals surface area (Å²) in [6.45, 7) is 3.69. The van der Waals surface area contributed by atoms with Crippen molar-refractivity contribution < 1.29 is 14.3 Å². The highest BCUT2D eigenvalue weighted by Gasteiger charge is 2.19. The summed E-state index contributed by atoms with van der Waals surface area (Å²) in [6.07, 6.45) is -0.0955. The van der Waals surface area contributed by atoms with Crippen LogP contribution >= 0.6 is 0 Å². The predicted octanol–water partition coefficient (Wildman–Crippen LogP) is 2.83. The smallest absolute Gasteiger partial charge is 0.257 e. The maximum atomic E-state index is 13.3. The van der Waals surface area contributed by atoms with Crippen LogP contribution in [0.2, 0.25) is 0 Å². The van der Waals surface area contributed by atoms with Gasteiger partial charge in [-0.15, -0.1) is 0 Å². The van der Waals surface area contributed by atoms with Crippen LogP contribution in [0.1, 0.15) is 22.9 Å². The third-order valence-electron chi connectivity index (χ3n) is 4.76. The van der Waals surface area contributed by atoms with Gasteiger partial charge in [0.05, 0.1) is 11.4 Å². The number of carbonyl (C=O) groups excluding carboxylic acids is 1. The standard InChI is InChI=1S/C21H19FN6O2/c1-11-8-15(26-21(30)19(29)13-4-3-5-14(22)9-13)6-7-16(11)28-18-17(12(2)27-28)24-10-25-20(18)23/h3-10,19,29H,1-2H3,(H,26,30)(H2,23,24,25). The number of amides is 1. The fraction of sp³-hybridized carbons (Fsp3) is 0.143. The first-order valence-corrected chi connectivity index (χ1v) is 9.16. The summed E-state index contributed by atoms with van der Waals surface area (Å²) in [5.41, 5.74) is 10.2. The van der Waals surface area contributed by atoms with Gasteiger partial charge in [0.2, 0.25) is 0 Å². The number of aryl methyl sites for hydroxylation is 2. The second-order valence-electron chi connectivity index (χ2n) is 6.90. The average Bonchev–Trinajstić information content (AvgIpc) is 3.05. The van der Waals surface area contributed by atoms with E-state index in [2.05, 4.69) is 20.4 Å². The van der Waals surface area contributed by atoms with Gasteiger partial charge in [0.25, 0.3) is 5.91 Å². The molecule has 0 aliphatic heterocycles. The normalized spacial score (nSPS) is 12.1. The lowest BCUT2D eigenvalue weighted by atomic mass is 10.1. The molecule has 4 aromatic rings. The van der Waals surface area contributed by atoms with Crippen LogP contribution in [-0.2, 0) is 4.79 Å². The highest BCUT2D eigenvalue weighted by molar-refractivity contribution is 5.95. The molecule has 4 N–H and O–H groups in total. The molecule has 0 radical (unpaired) electrons. The maximum Gasteiger partial charge on any atom is 0.257 e. The summed E-state index contributed by atoms with van der Waals surface area (Å²) >= 11 is 0. The number of halogens is 1. The minimum absolute atomic E-state index is 0.176. The lowest BCUT2D eigenvalue weighted by Gasteiger charge is -2.14. The number of nitrogen functional groups attached to an aromatic ring is 1. The van der Waals surface area contributed by atoms with Gasteiger partial charge in [-0.05, 0) is 55.3 Å². The van der Waals surface area contributed by atoms with Crippen molar-refractivity contribution in [3.8, 4) is 5.69 Å². The SMILES string of the molecule is Cc1cc(NC(=O)C(O)c2cccc(F)c2)ccc1-n1nc(C)c2ncnc(N)c21. The van der Waals surface area contributed by atoms with E-state index in [-0.39, 0.29) is 5.56 Å². The van der Waals surface area contributed by atoms with Crippen molar-refractivity contribution in [1.82, 2.24) is 19.7 Å². The molecule has 30 heavy (non-hydrogen) atoms. The van der Waals surface area contributed by atoms with Crippen LogP contribution in [0.15, 0.2) is 48.8 Å². The number of rotatable bonds is 4. The number of aliphatic hydroxyl groups excluding tert-OH is 1. The van der Waals surface area contributed by atoms with E-state index in [9.17, 15) is 14.3 Å². The molecule has 2 aromatic heterocycles. The van der Waals surface area contributed by atoms with Crippen LogP contribution < -0.4 is 11.1 Å².